The fraction of sp³-hybridized carbons (Fsp3) is 0.400. The van der Waals surface area contributed by atoms with Crippen LogP contribution in [0, 0.1) is 0 Å². The van der Waals surface area contributed by atoms with Crippen LogP contribution in [0.5, 0.6) is 0 Å². The number of ether oxygens (including phenoxy) is 1. The fourth-order valence-corrected chi connectivity index (χ4v) is 1.78. The largest absolute Gasteiger partial charge is 0.480 e. The fourth-order valence-electron chi connectivity index (χ4n) is 1.63. The van der Waals surface area contributed by atoms with Crippen LogP contribution in [0.15, 0.2) is 30.3 Å². The number of aliphatic carboxylic acids is 1. The van der Waals surface area contributed by atoms with E-state index in [1.54, 1.807) is 6.92 Å². The molecule has 0 saturated heterocycles. The van der Waals surface area contributed by atoms with E-state index in [2.05, 4.69) is 5.32 Å². The van der Waals surface area contributed by atoms with Crippen molar-refractivity contribution < 1.29 is 19.4 Å². The smallest absolute Gasteiger partial charge is 0.326 e. The molecule has 0 bridgehead atoms. The number of rotatable bonds is 8. The highest BCUT2D eigenvalue weighted by Gasteiger charge is 2.21. The van der Waals surface area contributed by atoms with Gasteiger partial charge >= 0.3 is 11.9 Å². The first-order valence-corrected chi connectivity index (χ1v) is 7.29. The number of hydrogen-bond donors (Lipinski definition) is 3. The number of carbonyl (C=O) groups excluding carboxylic acids is 1. The number of carbonyl (C=O) groups is 2. The maximum atomic E-state index is 11.7. The van der Waals surface area contributed by atoms with Crippen LogP contribution < -0.4 is 11.1 Å². The highest BCUT2D eigenvalue weighted by molar-refractivity contribution is 7.80. The molecule has 22 heavy (non-hydrogen) atoms. The molecule has 1 aromatic carbocycles. The van der Waals surface area contributed by atoms with E-state index in [0.717, 1.165) is 5.56 Å². The summed E-state index contributed by atoms with van der Waals surface area (Å²) in [7, 11) is 0. The predicted molar refractivity (Wildman–Crippen MR) is 86.3 cm³/mol. The van der Waals surface area contributed by atoms with Crippen molar-refractivity contribution in [2.45, 2.75) is 38.5 Å². The van der Waals surface area contributed by atoms with E-state index in [4.69, 9.17) is 27.8 Å². The molecule has 0 radical (unpaired) electrons. The van der Waals surface area contributed by atoms with Crippen LogP contribution in [0.3, 0.4) is 0 Å². The lowest BCUT2D eigenvalue weighted by Gasteiger charge is -2.17. The van der Waals surface area contributed by atoms with Crippen LogP contribution >= 0.6 is 12.2 Å². The lowest BCUT2D eigenvalue weighted by Crippen LogP contribution is -2.46. The summed E-state index contributed by atoms with van der Waals surface area (Å²) in [6.07, 6.45) is 0.0637. The summed E-state index contributed by atoms with van der Waals surface area (Å²) in [6, 6.07) is 7.86. The van der Waals surface area contributed by atoms with Gasteiger partial charge in [0.15, 0.2) is 0 Å². The molecule has 6 nitrogen and oxygen atoms in total. The number of benzene rings is 1. The summed E-state index contributed by atoms with van der Waals surface area (Å²) in [6.45, 7) is 1.82. The second-order valence-electron chi connectivity index (χ2n) is 4.87. The molecule has 0 aliphatic heterocycles. The number of nitrogens with two attached hydrogens (primary N) is 1. The van der Waals surface area contributed by atoms with Crippen molar-refractivity contribution in [2.75, 3.05) is 0 Å². The standard InChI is InChI=1S/C15H20N2O4S/c1-10(16)14(22)17-12(15(19)20)7-8-13(18)21-9-11-5-3-2-4-6-11/h2-6,10,12H,7-9,16H2,1H3,(H,17,22)(H,19,20)/t10-,12-/m0/s1. The summed E-state index contributed by atoms with van der Waals surface area (Å²) < 4.78 is 5.09. The number of esters is 1. The van der Waals surface area contributed by atoms with Gasteiger partial charge in [0.2, 0.25) is 0 Å². The number of thiocarbonyl (C=S) groups is 1. The van der Waals surface area contributed by atoms with Gasteiger partial charge < -0.3 is 20.9 Å². The number of carboxylic acids is 1. The summed E-state index contributed by atoms with van der Waals surface area (Å²) >= 11 is 4.95. The van der Waals surface area contributed by atoms with Gasteiger partial charge in [0.05, 0.1) is 11.0 Å². The second kappa shape index (κ2) is 9.11. The highest BCUT2D eigenvalue weighted by Crippen LogP contribution is 2.05. The zero-order chi connectivity index (χ0) is 16.5. The molecule has 0 amide bonds. The van der Waals surface area contributed by atoms with Gasteiger partial charge in [-0.3, -0.25) is 4.79 Å². The summed E-state index contributed by atoms with van der Waals surface area (Å²) in [5.74, 6) is -1.54. The van der Waals surface area contributed by atoms with Crippen molar-refractivity contribution in [1.29, 1.82) is 0 Å². The maximum Gasteiger partial charge on any atom is 0.326 e. The van der Waals surface area contributed by atoms with Crippen LogP contribution in [-0.4, -0.2) is 34.1 Å². The minimum absolute atomic E-state index is 0.0155. The molecule has 120 valence electrons. The Labute approximate surface area is 134 Å². The Kier molecular flexibility index (Phi) is 7.48. The SMILES string of the molecule is C[C@H](N)C(=S)N[C@@H](CCC(=O)OCc1ccccc1)C(=O)O. The minimum Gasteiger partial charge on any atom is -0.480 e. The Bertz CT molecular complexity index is 520. The number of carboxylic acid groups (broad SMARTS) is 1. The number of nitrogens with one attached hydrogen (secondary N) is 1. The van der Waals surface area contributed by atoms with Crippen LogP contribution in [0.4, 0.5) is 0 Å². The Balaban J connectivity index is 2.39. The molecule has 0 aliphatic rings. The zero-order valence-electron chi connectivity index (χ0n) is 12.3. The molecular weight excluding hydrogens is 304 g/mol. The van der Waals surface area contributed by atoms with E-state index < -0.39 is 24.0 Å². The van der Waals surface area contributed by atoms with E-state index >= 15 is 0 Å². The molecule has 0 unspecified atom stereocenters. The van der Waals surface area contributed by atoms with Gasteiger partial charge in [0.1, 0.15) is 12.6 Å². The molecule has 7 heteroatoms. The van der Waals surface area contributed by atoms with Gasteiger partial charge in [-0.1, -0.05) is 42.5 Å². The van der Waals surface area contributed by atoms with Gasteiger partial charge in [-0.05, 0) is 18.9 Å². The van der Waals surface area contributed by atoms with Crippen molar-refractivity contribution in [3.05, 3.63) is 35.9 Å². The first kappa shape index (κ1) is 18.1. The molecule has 0 spiro atoms. The van der Waals surface area contributed by atoms with Gasteiger partial charge in [-0.2, -0.15) is 0 Å². The van der Waals surface area contributed by atoms with E-state index in [1.165, 1.54) is 0 Å². The molecule has 1 aromatic rings. The number of hydrogen-bond acceptors (Lipinski definition) is 5. The topological polar surface area (TPSA) is 102 Å². The van der Waals surface area contributed by atoms with E-state index in [1.807, 2.05) is 30.3 Å². The lowest BCUT2D eigenvalue weighted by atomic mass is 10.1. The van der Waals surface area contributed by atoms with E-state index in [0.29, 0.717) is 0 Å². The second-order valence-corrected chi connectivity index (χ2v) is 5.31. The Hall–Kier alpha value is -1.99. The molecule has 0 aromatic heterocycles. The first-order chi connectivity index (χ1) is 10.4. The van der Waals surface area contributed by atoms with Crippen molar-refractivity contribution in [3.8, 4) is 0 Å². The third-order valence-electron chi connectivity index (χ3n) is 2.91. The van der Waals surface area contributed by atoms with Crippen molar-refractivity contribution in [1.82, 2.24) is 5.32 Å². The molecule has 2 atom stereocenters. The molecule has 0 saturated carbocycles. The lowest BCUT2D eigenvalue weighted by molar-refractivity contribution is -0.145. The molecule has 1 rings (SSSR count). The molecule has 0 aliphatic carbocycles. The third kappa shape index (κ3) is 6.64. The van der Waals surface area contributed by atoms with Gasteiger partial charge in [-0.15, -0.1) is 0 Å². The molecule has 4 N–H and O–H groups in total. The van der Waals surface area contributed by atoms with Crippen LogP contribution in [-0.2, 0) is 20.9 Å². The third-order valence-corrected chi connectivity index (χ3v) is 3.40. The average Bonchev–Trinajstić information content (AvgIpc) is 2.49. The first-order valence-electron chi connectivity index (χ1n) is 6.88. The average molecular weight is 324 g/mol. The van der Waals surface area contributed by atoms with Crippen LogP contribution in [0.2, 0.25) is 0 Å². The zero-order valence-corrected chi connectivity index (χ0v) is 13.1. The van der Waals surface area contributed by atoms with E-state index in [-0.39, 0.29) is 24.4 Å². The van der Waals surface area contributed by atoms with Crippen molar-refractivity contribution in [3.63, 3.8) is 0 Å². The van der Waals surface area contributed by atoms with Crippen molar-refractivity contribution in [2.24, 2.45) is 5.73 Å². The van der Waals surface area contributed by atoms with Gasteiger partial charge in [-0.25, -0.2) is 4.79 Å². The normalized spacial score (nSPS) is 13.0. The molecule has 0 fully saturated rings. The summed E-state index contributed by atoms with van der Waals surface area (Å²) in [5.41, 5.74) is 6.44. The van der Waals surface area contributed by atoms with Crippen molar-refractivity contribution >= 4 is 29.1 Å². The highest BCUT2D eigenvalue weighted by atomic mass is 32.1. The van der Waals surface area contributed by atoms with Crippen LogP contribution in [0.1, 0.15) is 25.3 Å². The Morgan fingerprint density at radius 1 is 1.36 bits per heavy atom. The maximum absolute atomic E-state index is 11.7. The predicted octanol–water partition coefficient (Wildman–Crippen LogP) is 1.23. The Morgan fingerprint density at radius 3 is 2.55 bits per heavy atom. The summed E-state index contributed by atoms with van der Waals surface area (Å²) in [4.78, 5) is 23.1. The quantitative estimate of drug-likeness (QED) is 0.488. The summed E-state index contributed by atoms with van der Waals surface area (Å²) in [5, 5.41) is 11.8. The monoisotopic (exact) mass is 324 g/mol. The van der Waals surface area contributed by atoms with Gasteiger partial charge in [0, 0.05) is 6.42 Å². The van der Waals surface area contributed by atoms with Gasteiger partial charge in [0.25, 0.3) is 0 Å². The van der Waals surface area contributed by atoms with Crippen LogP contribution in [0.25, 0.3) is 0 Å². The molecule has 0 heterocycles. The Morgan fingerprint density at radius 2 is 2.00 bits per heavy atom. The van der Waals surface area contributed by atoms with E-state index in [9.17, 15) is 9.59 Å². The minimum atomic E-state index is -1.08. The molecular formula is C15H20N2O4S.